The molecular weight excluding hydrogens is 360 g/mol. The molecule has 1 aromatic carbocycles. The minimum Gasteiger partial charge on any atom is -0.598 e. The second-order valence-electron chi connectivity index (χ2n) is 6.12. The summed E-state index contributed by atoms with van der Waals surface area (Å²) >= 11 is 2.44. The summed E-state index contributed by atoms with van der Waals surface area (Å²) < 4.78 is 16.2. The molecule has 0 saturated heterocycles. The molecule has 0 spiro atoms. The summed E-state index contributed by atoms with van der Waals surface area (Å²) in [7, 11) is 0. The van der Waals surface area contributed by atoms with Crippen molar-refractivity contribution in [2.24, 2.45) is 0 Å². The highest BCUT2D eigenvalue weighted by atomic mass is 79.9. The summed E-state index contributed by atoms with van der Waals surface area (Å²) in [4.78, 5) is 4.72. The van der Waals surface area contributed by atoms with Gasteiger partial charge in [0.15, 0.2) is 0 Å². The first-order valence-electron chi connectivity index (χ1n) is 7.17. The van der Waals surface area contributed by atoms with Crippen molar-refractivity contribution in [3.05, 3.63) is 53.2 Å². The number of aromatic nitrogens is 1. The maximum Gasteiger partial charge on any atom is 0.136 e. The lowest BCUT2D eigenvalue weighted by atomic mass is 10.1. The van der Waals surface area contributed by atoms with Crippen LogP contribution in [0.4, 0.5) is 0 Å². The Labute approximate surface area is 143 Å². The van der Waals surface area contributed by atoms with Crippen LogP contribution in [-0.4, -0.2) is 14.3 Å². The smallest absolute Gasteiger partial charge is 0.136 e. The molecule has 0 saturated carbocycles. The van der Waals surface area contributed by atoms with E-state index >= 15 is 0 Å². The van der Waals surface area contributed by atoms with Gasteiger partial charge in [0.05, 0.1) is 17.3 Å². The summed E-state index contributed by atoms with van der Waals surface area (Å²) in [5.41, 5.74) is 1.78. The number of hydrogen-bond donors (Lipinski definition) is 1. The molecule has 118 valence electrons. The Morgan fingerprint density at radius 1 is 1.41 bits per heavy atom. The fraction of sp³-hybridized carbons (Fsp3) is 0.353. The number of rotatable bonds is 5. The van der Waals surface area contributed by atoms with Gasteiger partial charge >= 0.3 is 0 Å². The molecule has 1 heterocycles. The third-order valence-corrected chi connectivity index (χ3v) is 5.52. The van der Waals surface area contributed by atoms with Gasteiger partial charge in [-0.15, -0.1) is 11.3 Å². The molecule has 0 aliphatic carbocycles. The van der Waals surface area contributed by atoms with E-state index in [9.17, 15) is 4.55 Å². The second-order valence-corrected chi connectivity index (χ2v) is 8.97. The van der Waals surface area contributed by atoms with Gasteiger partial charge < -0.3 is 4.55 Å². The SMILES string of the molecule is C=CCC(N[S+]([O-])C(C)(C)C)c1cc(Br)c2ccccc2n1. The van der Waals surface area contributed by atoms with Gasteiger partial charge in [0.2, 0.25) is 0 Å². The standard InChI is InChI=1S/C17H21BrN2OS/c1-5-8-15(20-22(21)17(2,3)4)16-11-13(18)12-9-6-7-10-14(12)19-16/h5-7,9-11,15,20H,1,8H2,2-4H3. The van der Waals surface area contributed by atoms with Crippen LogP contribution in [0.1, 0.15) is 38.9 Å². The molecule has 0 radical (unpaired) electrons. The molecule has 0 fully saturated rings. The summed E-state index contributed by atoms with van der Waals surface area (Å²) in [5, 5.41) is 1.07. The average Bonchev–Trinajstić information content (AvgIpc) is 2.45. The van der Waals surface area contributed by atoms with Gasteiger partial charge in [-0.2, -0.15) is 0 Å². The molecule has 1 aromatic heterocycles. The van der Waals surface area contributed by atoms with Gasteiger partial charge in [-0.1, -0.05) is 40.2 Å². The van der Waals surface area contributed by atoms with Gasteiger partial charge in [-0.3, -0.25) is 4.98 Å². The van der Waals surface area contributed by atoms with Gasteiger partial charge in [-0.25, -0.2) is 0 Å². The molecule has 2 atom stereocenters. The van der Waals surface area contributed by atoms with E-state index in [1.807, 2.05) is 57.2 Å². The predicted octanol–water partition coefficient (Wildman–Crippen LogP) is 4.67. The number of hydrogen-bond acceptors (Lipinski definition) is 3. The number of para-hydroxylation sites is 1. The fourth-order valence-electron chi connectivity index (χ4n) is 2.03. The Bertz CT molecular complexity index is 669. The molecule has 3 nitrogen and oxygen atoms in total. The van der Waals surface area contributed by atoms with E-state index in [1.54, 1.807) is 0 Å². The Morgan fingerprint density at radius 2 is 2.09 bits per heavy atom. The quantitative estimate of drug-likeness (QED) is 0.605. The van der Waals surface area contributed by atoms with Crippen molar-refractivity contribution < 1.29 is 4.55 Å². The molecule has 0 aliphatic heterocycles. The first-order chi connectivity index (χ1) is 10.3. The lowest BCUT2D eigenvalue weighted by molar-refractivity contribution is 0.521. The first kappa shape index (κ1) is 17.5. The number of nitrogens with zero attached hydrogens (tertiary/aromatic N) is 1. The van der Waals surface area contributed by atoms with Crippen molar-refractivity contribution in [2.45, 2.75) is 38.0 Å². The van der Waals surface area contributed by atoms with Crippen molar-refractivity contribution in [3.8, 4) is 0 Å². The molecule has 0 amide bonds. The Balaban J connectivity index is 2.38. The zero-order valence-electron chi connectivity index (χ0n) is 13.1. The topological polar surface area (TPSA) is 48.0 Å². The average molecular weight is 381 g/mol. The Kier molecular flexibility index (Phi) is 5.66. The van der Waals surface area contributed by atoms with E-state index < -0.39 is 11.4 Å². The van der Waals surface area contributed by atoms with Crippen molar-refractivity contribution in [2.75, 3.05) is 0 Å². The predicted molar refractivity (Wildman–Crippen MR) is 98.0 cm³/mol. The van der Waals surface area contributed by atoms with E-state index in [1.165, 1.54) is 0 Å². The number of fused-ring (bicyclic) bond motifs is 1. The Hall–Kier alpha value is -0.880. The lowest BCUT2D eigenvalue weighted by Crippen LogP contribution is -2.41. The molecule has 2 unspecified atom stereocenters. The summed E-state index contributed by atoms with van der Waals surface area (Å²) in [6.07, 6.45) is 2.49. The van der Waals surface area contributed by atoms with Crippen LogP contribution in [0, 0.1) is 0 Å². The summed E-state index contributed by atoms with van der Waals surface area (Å²) in [5.74, 6) is 0. The largest absolute Gasteiger partial charge is 0.598 e. The molecule has 2 rings (SSSR count). The molecule has 22 heavy (non-hydrogen) atoms. The van der Waals surface area contributed by atoms with Gasteiger partial charge in [0.25, 0.3) is 0 Å². The number of pyridine rings is 1. The van der Waals surface area contributed by atoms with Crippen LogP contribution in [0.5, 0.6) is 0 Å². The third kappa shape index (κ3) is 4.10. The molecule has 1 N–H and O–H groups in total. The summed E-state index contributed by atoms with van der Waals surface area (Å²) in [6.45, 7) is 9.65. The monoisotopic (exact) mass is 380 g/mol. The van der Waals surface area contributed by atoms with E-state index in [4.69, 9.17) is 4.98 Å². The van der Waals surface area contributed by atoms with E-state index in [0.717, 1.165) is 21.1 Å². The number of benzene rings is 1. The maximum atomic E-state index is 12.4. The van der Waals surface area contributed by atoms with Gasteiger partial charge in [-0.05, 0) is 39.3 Å². The van der Waals surface area contributed by atoms with Crippen LogP contribution >= 0.6 is 15.9 Å². The third-order valence-electron chi connectivity index (χ3n) is 3.25. The lowest BCUT2D eigenvalue weighted by Gasteiger charge is -2.27. The maximum absolute atomic E-state index is 12.4. The zero-order valence-corrected chi connectivity index (χ0v) is 15.5. The fourth-order valence-corrected chi connectivity index (χ4v) is 3.43. The van der Waals surface area contributed by atoms with Crippen molar-refractivity contribution in [1.82, 2.24) is 9.71 Å². The van der Waals surface area contributed by atoms with Crippen molar-refractivity contribution in [3.63, 3.8) is 0 Å². The number of nitrogens with one attached hydrogen (secondary N) is 1. The molecule has 5 heteroatoms. The Morgan fingerprint density at radius 3 is 2.73 bits per heavy atom. The van der Waals surface area contributed by atoms with Crippen LogP contribution in [0.2, 0.25) is 0 Å². The first-order valence-corrected chi connectivity index (χ1v) is 9.11. The highest BCUT2D eigenvalue weighted by Gasteiger charge is 2.30. The van der Waals surface area contributed by atoms with Gasteiger partial charge in [0.1, 0.15) is 4.75 Å². The molecule has 0 aliphatic rings. The highest BCUT2D eigenvalue weighted by Crippen LogP contribution is 2.28. The van der Waals surface area contributed by atoms with Crippen LogP contribution in [0.15, 0.2) is 47.5 Å². The zero-order chi connectivity index (χ0) is 16.3. The van der Waals surface area contributed by atoms with Crippen LogP contribution in [0.25, 0.3) is 10.9 Å². The van der Waals surface area contributed by atoms with Crippen LogP contribution in [0.3, 0.4) is 0 Å². The van der Waals surface area contributed by atoms with E-state index in [0.29, 0.717) is 6.42 Å². The highest BCUT2D eigenvalue weighted by molar-refractivity contribution is 9.10. The normalized spacial score (nSPS) is 14.8. The van der Waals surface area contributed by atoms with Crippen LogP contribution < -0.4 is 4.72 Å². The minimum atomic E-state index is -1.16. The van der Waals surface area contributed by atoms with Crippen molar-refractivity contribution >= 4 is 38.2 Å². The second kappa shape index (κ2) is 7.13. The molecule has 0 bridgehead atoms. The minimum absolute atomic E-state index is 0.126. The molecular formula is C17H21BrN2OS. The van der Waals surface area contributed by atoms with Gasteiger partial charge in [0, 0.05) is 21.2 Å². The van der Waals surface area contributed by atoms with E-state index in [-0.39, 0.29) is 10.8 Å². The summed E-state index contributed by atoms with van der Waals surface area (Å²) in [6, 6.07) is 9.83. The van der Waals surface area contributed by atoms with Crippen molar-refractivity contribution in [1.29, 1.82) is 0 Å². The van der Waals surface area contributed by atoms with E-state index in [2.05, 4.69) is 27.2 Å². The number of halogens is 1. The van der Waals surface area contributed by atoms with Crippen LogP contribution in [-0.2, 0) is 11.4 Å². The molecule has 2 aromatic rings.